The molecule has 0 atom stereocenters. The van der Waals surface area contributed by atoms with Crippen LogP contribution in [0.5, 0.6) is 5.75 Å². The molecule has 0 fully saturated rings. The van der Waals surface area contributed by atoms with E-state index in [1.165, 1.54) is 25.3 Å². The highest BCUT2D eigenvalue weighted by molar-refractivity contribution is 6.64. The fourth-order valence-corrected chi connectivity index (χ4v) is 0.936. The van der Waals surface area contributed by atoms with Gasteiger partial charge in [0.2, 0.25) is 0 Å². The van der Waals surface area contributed by atoms with Gasteiger partial charge < -0.3 is 9.76 Å². The Morgan fingerprint density at radius 2 is 2.17 bits per heavy atom. The minimum Gasteiger partial charge on any atom is -0.494 e. The van der Waals surface area contributed by atoms with Gasteiger partial charge in [-0.3, -0.25) is 0 Å². The number of benzene rings is 1. The lowest BCUT2D eigenvalue weighted by molar-refractivity contribution is 0.387. The van der Waals surface area contributed by atoms with Crippen LogP contribution in [0.3, 0.4) is 0 Å². The molecule has 1 aromatic rings. The van der Waals surface area contributed by atoms with Gasteiger partial charge in [0, 0.05) is 0 Å². The van der Waals surface area contributed by atoms with Gasteiger partial charge in [0.05, 0.1) is 7.11 Å². The van der Waals surface area contributed by atoms with Crippen molar-refractivity contribution in [3.63, 3.8) is 0 Å². The smallest absolute Gasteiger partial charge is 0.320 e. The Morgan fingerprint density at radius 3 is 2.67 bits per heavy atom. The van der Waals surface area contributed by atoms with Crippen molar-refractivity contribution in [2.45, 2.75) is 6.82 Å². The van der Waals surface area contributed by atoms with Crippen molar-refractivity contribution >= 4 is 12.4 Å². The van der Waals surface area contributed by atoms with Crippen LogP contribution in [0, 0.1) is 5.82 Å². The summed E-state index contributed by atoms with van der Waals surface area (Å²) >= 11 is 0. The van der Waals surface area contributed by atoms with Crippen LogP contribution in [0.2, 0.25) is 6.82 Å². The van der Waals surface area contributed by atoms with E-state index < -0.39 is 12.7 Å². The molecule has 0 bridgehead atoms. The molecule has 0 amide bonds. The summed E-state index contributed by atoms with van der Waals surface area (Å²) < 4.78 is 17.6. The molecule has 0 unspecified atom stereocenters. The first-order chi connectivity index (χ1) is 5.65. The lowest BCUT2D eigenvalue weighted by atomic mass is 9.64. The van der Waals surface area contributed by atoms with Gasteiger partial charge >= 0.3 is 6.92 Å². The molecule has 0 aliphatic heterocycles. The van der Waals surface area contributed by atoms with Gasteiger partial charge in [-0.05, 0) is 17.6 Å². The Bertz CT molecular complexity index is 276. The second-order valence-electron chi connectivity index (χ2n) is 2.57. The summed E-state index contributed by atoms with van der Waals surface area (Å²) in [5.41, 5.74) is 0.647. The molecule has 4 heteroatoms. The third-order valence-corrected chi connectivity index (χ3v) is 1.66. The summed E-state index contributed by atoms with van der Waals surface area (Å²) in [4.78, 5) is 0. The highest BCUT2D eigenvalue weighted by Gasteiger charge is 2.09. The molecular weight excluding hydrogens is 158 g/mol. The number of halogens is 1. The Labute approximate surface area is 71.1 Å². The van der Waals surface area contributed by atoms with E-state index in [0.717, 1.165) is 0 Å². The summed E-state index contributed by atoms with van der Waals surface area (Å²) in [5.74, 6) is -0.254. The normalized spacial score (nSPS) is 9.67. The van der Waals surface area contributed by atoms with Gasteiger partial charge in [0.15, 0.2) is 11.6 Å². The van der Waals surface area contributed by atoms with Gasteiger partial charge in [-0.25, -0.2) is 4.39 Å². The van der Waals surface area contributed by atoms with Crippen LogP contribution < -0.4 is 10.2 Å². The molecule has 2 nitrogen and oxygen atoms in total. The van der Waals surface area contributed by atoms with Crippen molar-refractivity contribution in [2.75, 3.05) is 7.11 Å². The van der Waals surface area contributed by atoms with Gasteiger partial charge in [0.1, 0.15) is 0 Å². The number of ether oxygens (including phenoxy) is 1. The van der Waals surface area contributed by atoms with Crippen molar-refractivity contribution in [3.05, 3.63) is 24.0 Å². The third-order valence-electron chi connectivity index (χ3n) is 1.66. The highest BCUT2D eigenvalue weighted by atomic mass is 19.1. The maximum Gasteiger partial charge on any atom is 0.320 e. The first kappa shape index (κ1) is 9.07. The SMILES string of the molecule is COc1cc(B(C)O)ccc1F. The lowest BCUT2D eigenvalue weighted by Gasteiger charge is -2.05. The summed E-state index contributed by atoms with van der Waals surface area (Å²) in [6.45, 7) is 1.02. The molecule has 0 saturated heterocycles. The van der Waals surface area contributed by atoms with Crippen LogP contribution >= 0.6 is 0 Å². The van der Waals surface area contributed by atoms with E-state index in [0.29, 0.717) is 5.46 Å². The van der Waals surface area contributed by atoms with Crippen LogP contribution in [0.1, 0.15) is 0 Å². The average Bonchev–Trinajstić information content (AvgIpc) is 2.05. The van der Waals surface area contributed by atoms with Crippen molar-refractivity contribution in [3.8, 4) is 5.75 Å². The maximum absolute atomic E-state index is 12.8. The number of hydrogen-bond donors (Lipinski definition) is 1. The molecule has 1 N–H and O–H groups in total. The van der Waals surface area contributed by atoms with E-state index in [-0.39, 0.29) is 5.75 Å². The van der Waals surface area contributed by atoms with Crippen LogP contribution in [0.15, 0.2) is 18.2 Å². The molecule has 64 valence electrons. The molecule has 0 aliphatic rings. The van der Waals surface area contributed by atoms with Crippen molar-refractivity contribution in [2.24, 2.45) is 0 Å². The van der Waals surface area contributed by atoms with Gasteiger partial charge in [0.25, 0.3) is 0 Å². The molecule has 0 saturated carbocycles. The predicted octanol–water partition coefficient (Wildman–Crippen LogP) is 0.655. The Hall–Kier alpha value is -1.03. The lowest BCUT2D eigenvalue weighted by Crippen LogP contribution is -2.26. The molecule has 0 spiro atoms. The highest BCUT2D eigenvalue weighted by Crippen LogP contribution is 2.13. The molecule has 0 aliphatic carbocycles. The summed E-state index contributed by atoms with van der Waals surface area (Å²) in [5, 5.41) is 9.16. The Kier molecular flexibility index (Phi) is 2.71. The fourth-order valence-electron chi connectivity index (χ4n) is 0.936. The monoisotopic (exact) mass is 168 g/mol. The Morgan fingerprint density at radius 1 is 1.50 bits per heavy atom. The van der Waals surface area contributed by atoms with Crippen LogP contribution in [-0.2, 0) is 0 Å². The summed E-state index contributed by atoms with van der Waals surface area (Å²) in [6, 6.07) is 4.30. The molecule has 0 radical (unpaired) electrons. The van der Waals surface area contributed by atoms with Gasteiger partial charge in [-0.2, -0.15) is 0 Å². The minimum atomic E-state index is -0.598. The summed E-state index contributed by atoms with van der Waals surface area (Å²) in [7, 11) is 1.39. The van der Waals surface area contributed by atoms with Crippen molar-refractivity contribution in [1.82, 2.24) is 0 Å². The zero-order valence-electron chi connectivity index (χ0n) is 7.04. The first-order valence-electron chi connectivity index (χ1n) is 3.66. The van der Waals surface area contributed by atoms with Crippen LogP contribution in [-0.4, -0.2) is 19.0 Å². The molecule has 12 heavy (non-hydrogen) atoms. The third kappa shape index (κ3) is 1.77. The topological polar surface area (TPSA) is 29.5 Å². The van der Waals surface area contributed by atoms with E-state index in [2.05, 4.69) is 0 Å². The molecule has 1 aromatic carbocycles. The standard InChI is InChI=1S/C8H10BFO2/c1-9(11)6-3-4-7(10)8(5-6)12-2/h3-5,11H,1-2H3. The number of hydrogen-bond acceptors (Lipinski definition) is 2. The first-order valence-corrected chi connectivity index (χ1v) is 3.66. The largest absolute Gasteiger partial charge is 0.494 e. The van der Waals surface area contributed by atoms with Gasteiger partial charge in [-0.1, -0.05) is 12.9 Å². The Balaban J connectivity index is 3.05. The second-order valence-corrected chi connectivity index (χ2v) is 2.57. The van der Waals surface area contributed by atoms with Crippen molar-refractivity contribution < 1.29 is 14.2 Å². The van der Waals surface area contributed by atoms with E-state index in [9.17, 15) is 4.39 Å². The van der Waals surface area contributed by atoms with Gasteiger partial charge in [-0.15, -0.1) is 0 Å². The molecule has 0 aromatic heterocycles. The number of rotatable bonds is 2. The molecule has 1 rings (SSSR count). The van der Waals surface area contributed by atoms with E-state index >= 15 is 0 Å². The minimum absolute atomic E-state index is 0.161. The quantitative estimate of drug-likeness (QED) is 0.657. The summed E-state index contributed by atoms with van der Waals surface area (Å²) in [6.07, 6.45) is 0. The van der Waals surface area contributed by atoms with E-state index in [1.807, 2.05) is 0 Å². The number of methoxy groups -OCH3 is 1. The van der Waals surface area contributed by atoms with Crippen molar-refractivity contribution in [1.29, 1.82) is 0 Å². The zero-order chi connectivity index (χ0) is 9.14. The van der Waals surface area contributed by atoms with Crippen LogP contribution in [0.4, 0.5) is 4.39 Å². The van der Waals surface area contributed by atoms with E-state index in [1.54, 1.807) is 6.82 Å². The maximum atomic E-state index is 12.8. The average molecular weight is 168 g/mol. The van der Waals surface area contributed by atoms with Crippen LogP contribution in [0.25, 0.3) is 0 Å². The molecule has 0 heterocycles. The second kappa shape index (κ2) is 3.58. The fraction of sp³-hybridized carbons (Fsp3) is 0.250. The molecular formula is C8H10BFO2. The van der Waals surface area contributed by atoms with E-state index in [4.69, 9.17) is 9.76 Å². The zero-order valence-corrected chi connectivity index (χ0v) is 7.04. The predicted molar refractivity (Wildman–Crippen MR) is 46.4 cm³/mol.